The summed E-state index contributed by atoms with van der Waals surface area (Å²) in [5.41, 5.74) is 3.16. The molecule has 1 aromatic heterocycles. The first-order valence-corrected chi connectivity index (χ1v) is 16.2. The summed E-state index contributed by atoms with van der Waals surface area (Å²) in [7, 11) is -1.96. The van der Waals surface area contributed by atoms with Gasteiger partial charge in [-0.05, 0) is 30.5 Å². The molecule has 0 amide bonds. The number of rotatable bonds is 11. The molecule has 0 radical (unpaired) electrons. The Morgan fingerprint density at radius 1 is 1.18 bits per heavy atom. The number of thioether (sulfide) groups is 1. The lowest BCUT2D eigenvalue weighted by atomic mass is 9.83. The molecule has 2 fully saturated rings. The summed E-state index contributed by atoms with van der Waals surface area (Å²) in [5, 5.41) is 5.53. The van der Waals surface area contributed by atoms with Gasteiger partial charge in [-0.3, -0.25) is 4.90 Å². The number of methoxy groups -OCH3 is 1. The number of hydrogen-bond donors (Lipinski definition) is 2. The molecule has 1 saturated heterocycles. The van der Waals surface area contributed by atoms with Crippen LogP contribution >= 0.6 is 23.4 Å². The molecule has 12 heteroatoms. The van der Waals surface area contributed by atoms with Gasteiger partial charge < -0.3 is 14.8 Å². The topological polar surface area (TPSA) is 106 Å². The van der Waals surface area contributed by atoms with E-state index < -0.39 is 10.0 Å². The molecule has 9 nitrogen and oxygen atoms in total. The lowest BCUT2D eigenvalue weighted by Crippen LogP contribution is -2.41. The number of nitrogens with zero attached hydrogens (tertiary/aromatic N) is 3. The molecule has 3 heterocycles. The van der Waals surface area contributed by atoms with Crippen LogP contribution in [0.4, 0.5) is 0 Å². The van der Waals surface area contributed by atoms with Crippen molar-refractivity contribution in [2.24, 2.45) is 0 Å². The second-order valence-corrected chi connectivity index (χ2v) is 13.5. The van der Waals surface area contributed by atoms with Crippen LogP contribution in [0, 0.1) is 0 Å². The second kappa shape index (κ2) is 12.8. The highest BCUT2D eigenvalue weighted by Crippen LogP contribution is 2.52. The van der Waals surface area contributed by atoms with Gasteiger partial charge in [-0.25, -0.2) is 23.1 Å². The summed E-state index contributed by atoms with van der Waals surface area (Å²) < 4.78 is 39.2. The van der Waals surface area contributed by atoms with Crippen LogP contribution in [0.5, 0.6) is 5.75 Å². The number of morpholine rings is 1. The van der Waals surface area contributed by atoms with Crippen LogP contribution in [0.2, 0.25) is 5.02 Å². The van der Waals surface area contributed by atoms with Crippen molar-refractivity contribution in [1.82, 2.24) is 24.9 Å². The van der Waals surface area contributed by atoms with Crippen molar-refractivity contribution in [3.8, 4) is 5.75 Å². The zero-order valence-electron chi connectivity index (χ0n) is 21.7. The van der Waals surface area contributed by atoms with E-state index in [2.05, 4.69) is 14.9 Å². The molecule has 2 N–H and O–H groups in total. The fraction of sp³-hybridized carbons (Fsp3) is 0.615. The van der Waals surface area contributed by atoms with Crippen molar-refractivity contribution in [2.45, 2.75) is 60.7 Å². The molecule has 208 valence electrons. The van der Waals surface area contributed by atoms with Gasteiger partial charge in [-0.2, -0.15) is 0 Å². The van der Waals surface area contributed by atoms with Gasteiger partial charge in [-0.15, -0.1) is 11.8 Å². The van der Waals surface area contributed by atoms with Crippen molar-refractivity contribution >= 4 is 33.4 Å². The number of sulfonamides is 1. The van der Waals surface area contributed by atoms with Crippen molar-refractivity contribution < 1.29 is 17.9 Å². The Morgan fingerprint density at radius 2 is 2.00 bits per heavy atom. The minimum Gasteiger partial charge on any atom is -0.495 e. The fourth-order valence-corrected chi connectivity index (χ4v) is 8.28. The van der Waals surface area contributed by atoms with Crippen LogP contribution in [0.3, 0.4) is 0 Å². The Hall–Kier alpha value is -1.47. The molecule has 1 aliphatic carbocycles. The average Bonchev–Trinajstić information content (AvgIpc) is 3.27. The fourth-order valence-electron chi connectivity index (χ4n) is 5.47. The van der Waals surface area contributed by atoms with Crippen molar-refractivity contribution in [3.05, 3.63) is 45.9 Å². The number of nitrogens with one attached hydrogen (secondary N) is 2. The van der Waals surface area contributed by atoms with Gasteiger partial charge >= 0.3 is 0 Å². The highest BCUT2D eigenvalue weighted by molar-refractivity contribution is 8.00. The largest absolute Gasteiger partial charge is 0.495 e. The quantitative estimate of drug-likeness (QED) is 0.387. The molecule has 5 rings (SSSR count). The van der Waals surface area contributed by atoms with Crippen LogP contribution in [0.25, 0.3) is 0 Å². The molecule has 3 aliphatic rings. The molecular weight excluding hydrogens is 546 g/mol. The smallest absolute Gasteiger partial charge is 0.219 e. The Morgan fingerprint density at radius 3 is 2.79 bits per heavy atom. The molecule has 2 unspecified atom stereocenters. The molecule has 2 aromatic rings. The van der Waals surface area contributed by atoms with E-state index in [0.29, 0.717) is 67.2 Å². The van der Waals surface area contributed by atoms with Gasteiger partial charge in [0.1, 0.15) is 22.4 Å². The average molecular weight is 582 g/mol. The van der Waals surface area contributed by atoms with E-state index in [1.165, 1.54) is 24.8 Å². The number of ether oxygens (including phenoxy) is 2. The normalized spacial score (nSPS) is 21.7. The molecule has 0 bridgehead atoms. The number of hydrogen-bond acceptors (Lipinski definition) is 9. The first-order chi connectivity index (χ1) is 18.4. The molecule has 0 spiro atoms. The minimum atomic E-state index is -3.56. The monoisotopic (exact) mass is 581 g/mol. The third-order valence-electron chi connectivity index (χ3n) is 7.38. The van der Waals surface area contributed by atoms with E-state index >= 15 is 0 Å². The molecular formula is C26H36ClN5O4S2. The third kappa shape index (κ3) is 6.99. The van der Waals surface area contributed by atoms with Gasteiger partial charge in [0.15, 0.2) is 0 Å². The number of aromatic nitrogens is 2. The second-order valence-electron chi connectivity index (χ2n) is 10.0. The van der Waals surface area contributed by atoms with Crippen LogP contribution in [0.1, 0.15) is 54.2 Å². The van der Waals surface area contributed by atoms with Gasteiger partial charge in [0.05, 0.1) is 31.0 Å². The summed E-state index contributed by atoms with van der Waals surface area (Å²) in [6.45, 7) is 5.22. The number of halogens is 1. The summed E-state index contributed by atoms with van der Waals surface area (Å²) in [5.74, 6) is 1.22. The predicted octanol–water partition coefficient (Wildman–Crippen LogP) is 3.31. The first kappa shape index (κ1) is 28.1. The Balaban J connectivity index is 1.28. The zero-order chi connectivity index (χ0) is 26.5. The SMILES string of the molecule is COc1ccc(CNCc2nc(CS(=O)(=O)NCCN3CCOCC3)nc3c2C2CCCCC2S3)cc1Cl. The molecule has 2 aliphatic heterocycles. The molecule has 2 atom stereocenters. The van der Waals surface area contributed by atoms with Gasteiger partial charge in [0.25, 0.3) is 0 Å². The van der Waals surface area contributed by atoms with Gasteiger partial charge in [-0.1, -0.05) is 30.5 Å². The molecule has 1 aromatic carbocycles. The Labute approximate surface area is 234 Å². The minimum absolute atomic E-state index is 0.222. The van der Waals surface area contributed by atoms with E-state index in [1.807, 2.05) is 18.2 Å². The predicted molar refractivity (Wildman–Crippen MR) is 149 cm³/mol. The first-order valence-electron chi connectivity index (χ1n) is 13.3. The number of benzene rings is 1. The third-order valence-corrected chi connectivity index (χ3v) is 10.4. The summed E-state index contributed by atoms with van der Waals surface area (Å²) in [6, 6.07) is 5.74. The maximum absolute atomic E-state index is 12.9. The maximum atomic E-state index is 12.9. The van der Waals surface area contributed by atoms with Crippen molar-refractivity contribution in [1.29, 1.82) is 0 Å². The van der Waals surface area contributed by atoms with E-state index in [4.69, 9.17) is 31.0 Å². The molecule has 1 saturated carbocycles. The van der Waals surface area contributed by atoms with Crippen LogP contribution in [-0.2, 0) is 33.6 Å². The summed E-state index contributed by atoms with van der Waals surface area (Å²) in [4.78, 5) is 11.8. The number of fused-ring (bicyclic) bond motifs is 3. The Kier molecular flexibility index (Phi) is 9.46. The van der Waals surface area contributed by atoms with Gasteiger partial charge in [0.2, 0.25) is 10.0 Å². The van der Waals surface area contributed by atoms with Crippen LogP contribution in [0.15, 0.2) is 23.2 Å². The summed E-state index contributed by atoms with van der Waals surface area (Å²) in [6.07, 6.45) is 4.74. The highest BCUT2D eigenvalue weighted by Gasteiger charge is 2.38. The molecule has 38 heavy (non-hydrogen) atoms. The standard InChI is InChI=1S/C26H36ClN5O4S2/c1-35-22-7-6-18(14-20(22)27)15-28-16-21-25-19-4-2-3-5-23(19)37-26(25)31-24(30-21)17-38(33,34)29-8-9-32-10-12-36-13-11-32/h6-7,14,19,23,28-29H,2-5,8-13,15-17H2,1H3. The van der Waals surface area contributed by atoms with E-state index in [0.717, 1.165) is 35.8 Å². The van der Waals surface area contributed by atoms with Crippen LogP contribution < -0.4 is 14.8 Å². The van der Waals surface area contributed by atoms with Crippen LogP contribution in [-0.4, -0.2) is 75.0 Å². The lowest BCUT2D eigenvalue weighted by molar-refractivity contribution is 0.0390. The van der Waals surface area contributed by atoms with Crippen molar-refractivity contribution in [3.63, 3.8) is 0 Å². The highest BCUT2D eigenvalue weighted by atomic mass is 35.5. The maximum Gasteiger partial charge on any atom is 0.219 e. The van der Waals surface area contributed by atoms with Gasteiger partial charge in [0, 0.05) is 56.0 Å². The zero-order valence-corrected chi connectivity index (χ0v) is 24.1. The van der Waals surface area contributed by atoms with E-state index in [1.54, 1.807) is 18.9 Å². The Bertz CT molecular complexity index is 1230. The summed E-state index contributed by atoms with van der Waals surface area (Å²) >= 11 is 8.10. The van der Waals surface area contributed by atoms with Crippen molar-refractivity contribution in [2.75, 3.05) is 46.5 Å². The lowest BCUT2D eigenvalue weighted by Gasteiger charge is -2.26. The van der Waals surface area contributed by atoms with E-state index in [-0.39, 0.29) is 5.75 Å². The van der Waals surface area contributed by atoms with E-state index in [9.17, 15) is 8.42 Å².